The Morgan fingerprint density at radius 3 is 2.70 bits per heavy atom. The van der Waals surface area contributed by atoms with Crippen LogP contribution in [-0.4, -0.2) is 68.4 Å². The van der Waals surface area contributed by atoms with Crippen molar-refractivity contribution in [3.8, 4) is 5.75 Å². The molecule has 3 N–H and O–H groups in total. The number of rotatable bonds is 6. The molecule has 27 heavy (non-hydrogen) atoms. The Morgan fingerprint density at radius 2 is 1.96 bits per heavy atom. The van der Waals surface area contributed by atoms with Gasteiger partial charge in [-0.1, -0.05) is 12.1 Å². The molecule has 1 aliphatic heterocycles. The Hall–Kier alpha value is -1.27. The van der Waals surface area contributed by atoms with Gasteiger partial charge >= 0.3 is 6.36 Å². The number of aliphatic imine (C=N–C) groups is 1. The molecule has 1 aromatic rings. The Kier molecular flexibility index (Phi) is 10.2. The molecule has 10 heteroatoms. The van der Waals surface area contributed by atoms with Crippen LogP contribution in [0.15, 0.2) is 29.3 Å². The van der Waals surface area contributed by atoms with Crippen LogP contribution < -0.4 is 15.8 Å². The van der Waals surface area contributed by atoms with Crippen LogP contribution in [0, 0.1) is 0 Å². The topological polar surface area (TPSA) is 66.1 Å². The summed E-state index contributed by atoms with van der Waals surface area (Å²) in [6.45, 7) is 5.72. The van der Waals surface area contributed by atoms with Gasteiger partial charge < -0.3 is 25.6 Å². The van der Waals surface area contributed by atoms with Gasteiger partial charge in [0.1, 0.15) is 0 Å². The lowest BCUT2D eigenvalue weighted by Gasteiger charge is -2.19. The van der Waals surface area contributed by atoms with E-state index >= 15 is 0 Å². The zero-order chi connectivity index (χ0) is 19.0. The summed E-state index contributed by atoms with van der Waals surface area (Å²) in [5, 5.41) is 2.67. The normalized spacial score (nSPS) is 17.1. The zero-order valence-corrected chi connectivity index (χ0v) is 17.7. The fourth-order valence-electron chi connectivity index (χ4n) is 2.78. The largest absolute Gasteiger partial charge is 0.573 e. The molecule has 154 valence electrons. The van der Waals surface area contributed by atoms with Crippen LogP contribution in [0.5, 0.6) is 5.75 Å². The van der Waals surface area contributed by atoms with Crippen molar-refractivity contribution in [2.75, 3.05) is 51.6 Å². The number of nitrogens with zero attached hydrogens (tertiary/aromatic N) is 3. The van der Waals surface area contributed by atoms with Crippen LogP contribution in [0.4, 0.5) is 18.9 Å². The molecule has 0 atom stereocenters. The van der Waals surface area contributed by atoms with Gasteiger partial charge in [-0.05, 0) is 51.7 Å². The van der Waals surface area contributed by atoms with Crippen molar-refractivity contribution in [1.29, 1.82) is 0 Å². The minimum Gasteiger partial charge on any atom is -0.404 e. The molecule has 0 aromatic heterocycles. The van der Waals surface area contributed by atoms with Crippen molar-refractivity contribution in [2.24, 2.45) is 10.7 Å². The second-order valence-electron chi connectivity index (χ2n) is 6.29. The van der Waals surface area contributed by atoms with E-state index in [1.54, 1.807) is 6.07 Å². The Bertz CT molecular complexity index is 600. The SMILES string of the molecule is CN1CCCN(CCCN=C(N)Nc2ccccc2OC(F)(F)F)CC1.I. The van der Waals surface area contributed by atoms with E-state index in [4.69, 9.17) is 5.73 Å². The van der Waals surface area contributed by atoms with Crippen LogP contribution >= 0.6 is 24.0 Å². The van der Waals surface area contributed by atoms with Gasteiger partial charge in [-0.3, -0.25) is 4.99 Å². The number of nitrogens with one attached hydrogen (secondary N) is 1. The van der Waals surface area contributed by atoms with Crippen molar-refractivity contribution in [3.05, 3.63) is 24.3 Å². The van der Waals surface area contributed by atoms with Crippen LogP contribution in [-0.2, 0) is 0 Å². The van der Waals surface area contributed by atoms with Gasteiger partial charge in [0.25, 0.3) is 0 Å². The second kappa shape index (κ2) is 11.5. The predicted molar refractivity (Wildman–Crippen MR) is 112 cm³/mol. The van der Waals surface area contributed by atoms with Gasteiger partial charge in [-0.2, -0.15) is 0 Å². The highest BCUT2D eigenvalue weighted by Crippen LogP contribution is 2.29. The first-order chi connectivity index (χ1) is 12.3. The highest BCUT2D eigenvalue weighted by atomic mass is 127. The third kappa shape index (κ3) is 9.47. The van der Waals surface area contributed by atoms with E-state index in [0.717, 1.165) is 45.6 Å². The number of anilines is 1. The fraction of sp³-hybridized carbons (Fsp3) is 0.588. The third-order valence-corrected chi connectivity index (χ3v) is 4.10. The van der Waals surface area contributed by atoms with Gasteiger partial charge in [-0.15, -0.1) is 37.1 Å². The summed E-state index contributed by atoms with van der Waals surface area (Å²) in [7, 11) is 2.13. The molecule has 1 fully saturated rings. The summed E-state index contributed by atoms with van der Waals surface area (Å²) < 4.78 is 41.2. The van der Waals surface area contributed by atoms with Crippen molar-refractivity contribution in [1.82, 2.24) is 9.80 Å². The maximum Gasteiger partial charge on any atom is 0.573 e. The lowest BCUT2D eigenvalue weighted by atomic mass is 10.3. The Morgan fingerprint density at radius 1 is 1.22 bits per heavy atom. The average molecular weight is 501 g/mol. The lowest BCUT2D eigenvalue weighted by Crippen LogP contribution is -2.30. The molecule has 1 aromatic carbocycles. The van der Waals surface area contributed by atoms with Crippen LogP contribution in [0.25, 0.3) is 0 Å². The average Bonchev–Trinajstić information content (AvgIpc) is 2.77. The smallest absolute Gasteiger partial charge is 0.404 e. The molecule has 2 rings (SSSR count). The Labute approximate surface area is 174 Å². The zero-order valence-electron chi connectivity index (χ0n) is 15.3. The molecule has 0 aliphatic carbocycles. The van der Waals surface area contributed by atoms with Crippen molar-refractivity contribution in [3.63, 3.8) is 0 Å². The highest BCUT2D eigenvalue weighted by Gasteiger charge is 2.32. The number of guanidine groups is 1. The minimum absolute atomic E-state index is 0. The maximum absolute atomic E-state index is 12.4. The number of hydrogen-bond acceptors (Lipinski definition) is 4. The second-order valence-corrected chi connectivity index (χ2v) is 6.29. The quantitative estimate of drug-likeness (QED) is 0.272. The van der Waals surface area contributed by atoms with Crippen molar-refractivity contribution in [2.45, 2.75) is 19.2 Å². The van der Waals surface area contributed by atoms with E-state index in [1.807, 2.05) is 0 Å². The number of hydrogen-bond donors (Lipinski definition) is 2. The first-order valence-corrected chi connectivity index (χ1v) is 8.66. The molecule has 0 unspecified atom stereocenters. The fourth-order valence-corrected chi connectivity index (χ4v) is 2.78. The van der Waals surface area contributed by atoms with E-state index in [0.29, 0.717) is 6.54 Å². The van der Waals surface area contributed by atoms with E-state index in [-0.39, 0.29) is 41.4 Å². The number of halogens is 4. The molecule has 1 heterocycles. The van der Waals surface area contributed by atoms with Crippen molar-refractivity contribution >= 4 is 35.6 Å². The molecule has 1 saturated heterocycles. The number of alkyl halides is 3. The minimum atomic E-state index is -4.76. The molecule has 1 aliphatic rings. The molecule has 0 spiro atoms. The van der Waals surface area contributed by atoms with E-state index in [2.05, 4.69) is 31.9 Å². The standard InChI is InChI=1S/C17H26F3N5O.HI/c1-24-9-5-11-25(13-12-24)10-4-8-22-16(21)23-14-6-2-3-7-15(14)26-17(18,19)20;/h2-3,6-7H,4-5,8-13H2,1H3,(H3,21,22,23);1H. The van der Waals surface area contributed by atoms with Gasteiger partial charge in [0.2, 0.25) is 0 Å². The van der Waals surface area contributed by atoms with Gasteiger partial charge in [0.05, 0.1) is 5.69 Å². The van der Waals surface area contributed by atoms with E-state index in [1.165, 1.54) is 18.2 Å². The first kappa shape index (κ1) is 23.8. The summed E-state index contributed by atoms with van der Waals surface area (Å²) in [5.41, 5.74) is 5.91. The maximum atomic E-state index is 12.4. The third-order valence-electron chi connectivity index (χ3n) is 4.10. The molecule has 6 nitrogen and oxygen atoms in total. The highest BCUT2D eigenvalue weighted by molar-refractivity contribution is 14.0. The molecule has 0 amide bonds. The summed E-state index contributed by atoms with van der Waals surface area (Å²) in [6, 6.07) is 5.73. The van der Waals surface area contributed by atoms with Crippen LogP contribution in [0.3, 0.4) is 0 Å². The number of nitrogens with two attached hydrogens (primary N) is 1. The molecule has 0 bridgehead atoms. The summed E-state index contributed by atoms with van der Waals surface area (Å²) in [5.74, 6) is -0.273. The number of likely N-dealkylation sites (N-methyl/N-ethyl adjacent to an activating group) is 1. The number of ether oxygens (including phenoxy) is 1. The summed E-state index contributed by atoms with van der Waals surface area (Å²) in [4.78, 5) is 8.91. The van der Waals surface area contributed by atoms with Gasteiger partial charge in [-0.25, -0.2) is 0 Å². The van der Waals surface area contributed by atoms with Gasteiger partial charge in [0.15, 0.2) is 11.7 Å². The predicted octanol–water partition coefficient (Wildman–Crippen LogP) is 2.96. The van der Waals surface area contributed by atoms with Crippen LogP contribution in [0.1, 0.15) is 12.8 Å². The first-order valence-electron chi connectivity index (χ1n) is 8.66. The van der Waals surface area contributed by atoms with E-state index in [9.17, 15) is 13.2 Å². The number of para-hydroxylation sites is 2. The molecule has 0 radical (unpaired) electrons. The number of benzene rings is 1. The molecular weight excluding hydrogens is 474 g/mol. The molecule has 0 saturated carbocycles. The Balaban J connectivity index is 0.00000364. The molecular formula is C17H27F3IN5O. The monoisotopic (exact) mass is 501 g/mol. The summed E-state index contributed by atoms with van der Waals surface area (Å²) in [6.07, 6.45) is -2.77. The lowest BCUT2D eigenvalue weighted by molar-refractivity contribution is -0.274. The van der Waals surface area contributed by atoms with E-state index < -0.39 is 6.36 Å². The van der Waals surface area contributed by atoms with Crippen LogP contribution in [0.2, 0.25) is 0 Å². The van der Waals surface area contributed by atoms with Gasteiger partial charge in [0, 0.05) is 19.6 Å². The van der Waals surface area contributed by atoms with Crippen molar-refractivity contribution < 1.29 is 17.9 Å². The summed E-state index contributed by atoms with van der Waals surface area (Å²) >= 11 is 0.